The standard InChI is InChI=1S/C28H34F3N3O4S/c1-3-34-25-14-9-20(16-23(25)32-26(34)15-18-5-10-21(11-6-18)28(29,30)31)27(36)33-24(17-35)19-7-12-22(13-8-19)39(37,38)4-2/h7-9,12-14,16,18,21,24,35H,3-6,10-11,15,17H2,1-2H3,(H,33,36)/t18-,21-,24?. The van der Waals surface area contributed by atoms with E-state index in [9.17, 15) is 31.5 Å². The maximum absolute atomic E-state index is 13.0. The average Bonchev–Trinajstić information content (AvgIpc) is 3.27. The second-order valence-corrected chi connectivity index (χ2v) is 12.4. The van der Waals surface area contributed by atoms with E-state index in [2.05, 4.69) is 5.32 Å². The summed E-state index contributed by atoms with van der Waals surface area (Å²) in [5, 5.41) is 12.7. The number of hydrogen-bond acceptors (Lipinski definition) is 5. The van der Waals surface area contributed by atoms with Gasteiger partial charge in [-0.15, -0.1) is 0 Å². The van der Waals surface area contributed by atoms with E-state index in [0.29, 0.717) is 42.5 Å². The number of carbonyl (C=O) groups excluding carboxylic acids is 1. The number of alkyl halides is 3. The van der Waals surface area contributed by atoms with Gasteiger partial charge in [0.2, 0.25) is 0 Å². The van der Waals surface area contributed by atoms with Gasteiger partial charge in [-0.2, -0.15) is 13.2 Å². The summed E-state index contributed by atoms with van der Waals surface area (Å²) in [5.74, 6) is -0.721. The Morgan fingerprint density at radius 3 is 2.33 bits per heavy atom. The van der Waals surface area contributed by atoms with Gasteiger partial charge in [0.15, 0.2) is 9.84 Å². The van der Waals surface area contributed by atoms with E-state index < -0.39 is 33.9 Å². The van der Waals surface area contributed by atoms with Crippen LogP contribution in [-0.2, 0) is 22.8 Å². The van der Waals surface area contributed by atoms with Gasteiger partial charge in [0.05, 0.1) is 40.2 Å². The van der Waals surface area contributed by atoms with Crippen LogP contribution in [0.5, 0.6) is 0 Å². The van der Waals surface area contributed by atoms with Crippen LogP contribution >= 0.6 is 0 Å². The van der Waals surface area contributed by atoms with E-state index in [1.54, 1.807) is 31.2 Å². The summed E-state index contributed by atoms with van der Waals surface area (Å²) in [7, 11) is -3.36. The molecule has 7 nitrogen and oxygen atoms in total. The zero-order valence-corrected chi connectivity index (χ0v) is 22.9. The SMILES string of the molecule is CCn1c(C[C@H]2CC[C@H](C(F)(F)F)CC2)nc2cc(C(=O)NC(CO)c3ccc(S(=O)(=O)CC)cc3)ccc21. The number of nitrogens with zero attached hydrogens (tertiary/aromatic N) is 2. The van der Waals surface area contributed by atoms with Gasteiger partial charge in [0.1, 0.15) is 5.82 Å². The minimum atomic E-state index is -4.13. The fourth-order valence-corrected chi connectivity index (χ4v) is 6.22. The first kappa shape index (κ1) is 29.1. The van der Waals surface area contributed by atoms with E-state index in [1.165, 1.54) is 12.1 Å². The van der Waals surface area contributed by atoms with Crippen molar-refractivity contribution in [2.45, 2.75) is 69.6 Å². The van der Waals surface area contributed by atoms with Gasteiger partial charge < -0.3 is 15.0 Å². The number of aliphatic hydroxyl groups excluding tert-OH is 1. The Labute approximate surface area is 226 Å². The van der Waals surface area contributed by atoms with Gasteiger partial charge >= 0.3 is 6.18 Å². The quantitative estimate of drug-likeness (QED) is 0.370. The number of aliphatic hydroxyl groups is 1. The zero-order valence-electron chi connectivity index (χ0n) is 22.0. The molecule has 1 unspecified atom stereocenters. The molecule has 0 aliphatic heterocycles. The number of sulfone groups is 1. The molecule has 212 valence electrons. The van der Waals surface area contributed by atoms with Gasteiger partial charge in [-0.05, 0) is 74.4 Å². The van der Waals surface area contributed by atoms with Crippen LogP contribution in [0.2, 0.25) is 0 Å². The highest BCUT2D eigenvalue weighted by atomic mass is 32.2. The van der Waals surface area contributed by atoms with Crippen molar-refractivity contribution >= 4 is 26.8 Å². The normalized spacial score (nSPS) is 19.2. The Balaban J connectivity index is 1.48. The highest BCUT2D eigenvalue weighted by Crippen LogP contribution is 2.40. The predicted octanol–water partition coefficient (Wildman–Crippen LogP) is 5.22. The maximum Gasteiger partial charge on any atom is 0.391 e. The third kappa shape index (κ3) is 6.46. The van der Waals surface area contributed by atoms with E-state index in [1.807, 2.05) is 17.6 Å². The first-order valence-electron chi connectivity index (χ1n) is 13.3. The van der Waals surface area contributed by atoms with E-state index in [-0.39, 0.29) is 36.0 Å². The molecule has 4 rings (SSSR count). The van der Waals surface area contributed by atoms with Crippen LogP contribution in [0.4, 0.5) is 13.2 Å². The highest BCUT2D eigenvalue weighted by Gasteiger charge is 2.41. The number of aromatic nitrogens is 2. The van der Waals surface area contributed by atoms with Crippen molar-refractivity contribution in [1.29, 1.82) is 0 Å². The summed E-state index contributed by atoms with van der Waals surface area (Å²) in [4.78, 5) is 18.0. The number of hydrogen-bond donors (Lipinski definition) is 2. The minimum Gasteiger partial charge on any atom is -0.394 e. The molecule has 1 atom stereocenters. The Morgan fingerprint density at radius 1 is 1.10 bits per heavy atom. The van der Waals surface area contributed by atoms with Crippen LogP contribution in [0.3, 0.4) is 0 Å². The van der Waals surface area contributed by atoms with Gasteiger partial charge in [0, 0.05) is 18.5 Å². The van der Waals surface area contributed by atoms with Gasteiger partial charge in [-0.3, -0.25) is 4.79 Å². The molecule has 0 spiro atoms. The molecule has 39 heavy (non-hydrogen) atoms. The van der Waals surface area contributed by atoms with Crippen molar-refractivity contribution < 1.29 is 31.5 Å². The Bertz CT molecular complexity index is 1410. The van der Waals surface area contributed by atoms with Crippen molar-refractivity contribution in [2.24, 2.45) is 11.8 Å². The van der Waals surface area contributed by atoms with Crippen LogP contribution in [0, 0.1) is 11.8 Å². The highest BCUT2D eigenvalue weighted by molar-refractivity contribution is 7.91. The van der Waals surface area contributed by atoms with Crippen LogP contribution in [0.15, 0.2) is 47.4 Å². The molecular formula is C28H34F3N3O4S. The number of fused-ring (bicyclic) bond motifs is 1. The van der Waals surface area contributed by atoms with E-state index in [4.69, 9.17) is 4.98 Å². The van der Waals surface area contributed by atoms with E-state index in [0.717, 1.165) is 11.3 Å². The summed E-state index contributed by atoms with van der Waals surface area (Å²) >= 11 is 0. The lowest BCUT2D eigenvalue weighted by Crippen LogP contribution is -2.30. The monoisotopic (exact) mass is 565 g/mol. The molecule has 1 aliphatic carbocycles. The Kier molecular flexibility index (Phi) is 8.70. The molecule has 3 aromatic rings. The van der Waals surface area contributed by atoms with Crippen LogP contribution in [0.25, 0.3) is 11.0 Å². The molecule has 1 aliphatic rings. The third-order valence-electron chi connectivity index (χ3n) is 7.70. The molecule has 1 aromatic heterocycles. The zero-order chi connectivity index (χ0) is 28.4. The number of rotatable bonds is 9. The van der Waals surface area contributed by atoms with Crippen molar-refractivity contribution in [3.63, 3.8) is 0 Å². The molecule has 0 bridgehead atoms. The molecule has 2 N–H and O–H groups in total. The second kappa shape index (κ2) is 11.7. The summed E-state index contributed by atoms with van der Waals surface area (Å²) < 4.78 is 65.3. The molecule has 0 radical (unpaired) electrons. The third-order valence-corrected chi connectivity index (χ3v) is 9.45. The van der Waals surface area contributed by atoms with Crippen molar-refractivity contribution in [3.05, 3.63) is 59.4 Å². The second-order valence-electron chi connectivity index (χ2n) is 10.1. The lowest BCUT2D eigenvalue weighted by molar-refractivity contribution is -0.183. The molecule has 2 aromatic carbocycles. The van der Waals surface area contributed by atoms with Crippen LogP contribution in [0.1, 0.15) is 67.3 Å². The molecule has 1 amide bonds. The summed E-state index contributed by atoms with van der Waals surface area (Å²) in [6.45, 7) is 3.81. The number of benzene rings is 2. The van der Waals surface area contributed by atoms with E-state index >= 15 is 0 Å². The van der Waals surface area contributed by atoms with Crippen molar-refractivity contribution in [3.8, 4) is 0 Å². The lowest BCUT2D eigenvalue weighted by Gasteiger charge is -2.29. The molecular weight excluding hydrogens is 531 g/mol. The van der Waals surface area contributed by atoms with Crippen molar-refractivity contribution in [1.82, 2.24) is 14.9 Å². The Hall–Kier alpha value is -2.92. The van der Waals surface area contributed by atoms with Gasteiger partial charge in [0.25, 0.3) is 5.91 Å². The molecule has 1 saturated carbocycles. The number of carbonyl (C=O) groups is 1. The summed E-state index contributed by atoms with van der Waals surface area (Å²) in [6, 6.07) is 10.5. The smallest absolute Gasteiger partial charge is 0.391 e. The van der Waals surface area contributed by atoms with Crippen molar-refractivity contribution in [2.75, 3.05) is 12.4 Å². The number of imidazole rings is 1. The average molecular weight is 566 g/mol. The fourth-order valence-electron chi connectivity index (χ4n) is 5.33. The predicted molar refractivity (Wildman–Crippen MR) is 142 cm³/mol. The first-order chi connectivity index (χ1) is 18.5. The topological polar surface area (TPSA) is 101 Å². The Morgan fingerprint density at radius 2 is 1.77 bits per heavy atom. The largest absolute Gasteiger partial charge is 0.394 e. The number of halogens is 3. The van der Waals surface area contributed by atoms with Crippen LogP contribution < -0.4 is 5.32 Å². The number of nitrogens with one attached hydrogen (secondary N) is 1. The lowest BCUT2D eigenvalue weighted by atomic mass is 9.80. The number of aryl methyl sites for hydroxylation is 1. The van der Waals surface area contributed by atoms with Gasteiger partial charge in [-0.25, -0.2) is 13.4 Å². The fraction of sp³-hybridized carbons (Fsp3) is 0.500. The summed E-state index contributed by atoms with van der Waals surface area (Å²) in [5.41, 5.74) is 2.39. The summed E-state index contributed by atoms with van der Waals surface area (Å²) in [6.07, 6.45) is -2.23. The molecule has 0 saturated heterocycles. The molecule has 1 heterocycles. The molecule has 11 heteroatoms. The first-order valence-corrected chi connectivity index (χ1v) is 14.9. The van der Waals surface area contributed by atoms with Crippen LogP contribution in [-0.4, -0.2) is 47.5 Å². The number of amides is 1. The molecule has 1 fully saturated rings. The minimum absolute atomic E-state index is 0.0241. The maximum atomic E-state index is 13.0. The van der Waals surface area contributed by atoms with Gasteiger partial charge in [-0.1, -0.05) is 19.1 Å².